The van der Waals surface area contributed by atoms with E-state index in [1.165, 1.54) is 12.1 Å². The van der Waals surface area contributed by atoms with Gasteiger partial charge < -0.3 is 10.6 Å². The summed E-state index contributed by atoms with van der Waals surface area (Å²) in [4.78, 5) is 12.1. The lowest BCUT2D eigenvalue weighted by molar-refractivity contribution is -0.137. The maximum absolute atomic E-state index is 13.0. The van der Waals surface area contributed by atoms with Gasteiger partial charge in [-0.25, -0.2) is 8.42 Å². The van der Waals surface area contributed by atoms with Gasteiger partial charge in [0.1, 0.15) is 11.1 Å². The first-order chi connectivity index (χ1) is 15.6. The number of amides is 1. The Bertz CT molecular complexity index is 1260. The third-order valence-electron chi connectivity index (χ3n) is 5.22. The molecule has 1 aliphatic rings. The Balaban J connectivity index is 1.46. The Kier molecular flexibility index (Phi) is 6.13. The molecule has 6 nitrogen and oxygen atoms in total. The van der Waals surface area contributed by atoms with Crippen molar-refractivity contribution in [2.45, 2.75) is 23.7 Å². The fraction of sp³-hybridized carbons (Fsp3) is 0.174. The summed E-state index contributed by atoms with van der Waals surface area (Å²) < 4.78 is 66.6. The van der Waals surface area contributed by atoms with Crippen LogP contribution in [-0.2, 0) is 22.6 Å². The van der Waals surface area contributed by atoms with Crippen LogP contribution in [0.1, 0.15) is 33.2 Å². The van der Waals surface area contributed by atoms with Gasteiger partial charge in [-0.3, -0.25) is 4.79 Å². The van der Waals surface area contributed by atoms with Crippen LogP contribution in [0.4, 0.5) is 18.9 Å². The average Bonchev–Trinajstić information content (AvgIpc) is 2.78. The number of hydrogen-bond acceptors (Lipinski definition) is 4. The van der Waals surface area contributed by atoms with Crippen LogP contribution in [0.2, 0.25) is 0 Å². The zero-order chi connectivity index (χ0) is 23.6. The van der Waals surface area contributed by atoms with Gasteiger partial charge in [-0.1, -0.05) is 42.5 Å². The number of carbonyl (C=O) groups is 1. The molecule has 1 aliphatic heterocycles. The van der Waals surface area contributed by atoms with Crippen LogP contribution < -0.4 is 15.4 Å². The lowest BCUT2D eigenvalue weighted by Crippen LogP contribution is -2.38. The van der Waals surface area contributed by atoms with Crippen molar-refractivity contribution < 1.29 is 26.4 Å². The second kappa shape index (κ2) is 8.87. The number of fused-ring (bicyclic) bond motifs is 1. The molecule has 0 aromatic heterocycles. The molecule has 0 bridgehead atoms. The molecule has 0 saturated heterocycles. The van der Waals surface area contributed by atoms with Crippen LogP contribution in [0.5, 0.6) is 0 Å². The normalized spacial score (nSPS) is 17.0. The second-order valence-electron chi connectivity index (χ2n) is 7.52. The SMILES string of the molecule is O=C(NCCc1ccccc1)c1ccc(C2Nc3cc(C(F)(F)F)ccc3S(=O)(=O)N2)cc1. The van der Waals surface area contributed by atoms with Crippen LogP contribution in [0.15, 0.2) is 77.7 Å². The van der Waals surface area contributed by atoms with Crippen LogP contribution in [0.3, 0.4) is 0 Å². The lowest BCUT2D eigenvalue weighted by atomic mass is 10.1. The van der Waals surface area contributed by atoms with E-state index in [0.29, 0.717) is 24.1 Å². The number of rotatable bonds is 5. The van der Waals surface area contributed by atoms with Gasteiger partial charge in [-0.2, -0.15) is 17.9 Å². The second-order valence-corrected chi connectivity index (χ2v) is 9.20. The predicted octanol–water partition coefficient (Wildman–Crippen LogP) is 4.08. The molecule has 172 valence electrons. The van der Waals surface area contributed by atoms with Crippen LogP contribution in [-0.4, -0.2) is 20.9 Å². The first kappa shape index (κ1) is 22.8. The molecule has 0 spiro atoms. The Morgan fingerprint density at radius 1 is 0.970 bits per heavy atom. The third kappa shape index (κ3) is 5.18. The largest absolute Gasteiger partial charge is 0.416 e. The Hall–Kier alpha value is -3.37. The van der Waals surface area contributed by atoms with E-state index < -0.39 is 27.9 Å². The fourth-order valence-electron chi connectivity index (χ4n) is 3.50. The van der Waals surface area contributed by atoms with Gasteiger partial charge >= 0.3 is 6.18 Å². The molecule has 0 radical (unpaired) electrons. The highest BCUT2D eigenvalue weighted by Gasteiger charge is 2.35. The highest BCUT2D eigenvalue weighted by atomic mass is 32.2. The summed E-state index contributed by atoms with van der Waals surface area (Å²) in [6.45, 7) is 0.451. The topological polar surface area (TPSA) is 87.3 Å². The number of sulfonamides is 1. The number of nitrogens with one attached hydrogen (secondary N) is 3. The van der Waals surface area contributed by atoms with Crippen molar-refractivity contribution >= 4 is 21.6 Å². The molecule has 1 heterocycles. The molecule has 3 N–H and O–H groups in total. The first-order valence-corrected chi connectivity index (χ1v) is 11.5. The van der Waals surface area contributed by atoms with Gasteiger partial charge in [0.25, 0.3) is 5.91 Å². The molecule has 1 atom stereocenters. The van der Waals surface area contributed by atoms with E-state index in [1.807, 2.05) is 30.3 Å². The average molecular weight is 475 g/mol. The van der Waals surface area contributed by atoms with Crippen molar-refractivity contribution in [2.24, 2.45) is 0 Å². The molecule has 3 aromatic rings. The fourth-order valence-corrected chi connectivity index (χ4v) is 4.79. The van der Waals surface area contributed by atoms with Crippen molar-refractivity contribution in [1.29, 1.82) is 0 Å². The first-order valence-electron chi connectivity index (χ1n) is 10.1. The van der Waals surface area contributed by atoms with E-state index in [0.717, 1.165) is 23.8 Å². The minimum atomic E-state index is -4.60. The number of benzene rings is 3. The van der Waals surface area contributed by atoms with Crippen molar-refractivity contribution in [2.75, 3.05) is 11.9 Å². The quantitative estimate of drug-likeness (QED) is 0.519. The molecular weight excluding hydrogens is 455 g/mol. The van der Waals surface area contributed by atoms with Gasteiger partial charge in [0, 0.05) is 12.1 Å². The number of alkyl halides is 3. The van der Waals surface area contributed by atoms with Gasteiger partial charge in [-0.05, 0) is 47.9 Å². The maximum atomic E-state index is 13.0. The van der Waals surface area contributed by atoms with Crippen molar-refractivity contribution in [1.82, 2.24) is 10.0 Å². The van der Waals surface area contributed by atoms with E-state index in [-0.39, 0.29) is 16.5 Å². The lowest BCUT2D eigenvalue weighted by Gasteiger charge is -2.29. The van der Waals surface area contributed by atoms with Crippen molar-refractivity contribution in [3.05, 3.63) is 95.1 Å². The molecule has 33 heavy (non-hydrogen) atoms. The molecule has 0 fully saturated rings. The van der Waals surface area contributed by atoms with Gasteiger partial charge in [-0.15, -0.1) is 0 Å². The Morgan fingerprint density at radius 3 is 2.33 bits per heavy atom. The monoisotopic (exact) mass is 475 g/mol. The number of halogens is 3. The summed E-state index contributed by atoms with van der Waals surface area (Å²) in [5.41, 5.74) is 0.828. The van der Waals surface area contributed by atoms with Crippen LogP contribution in [0, 0.1) is 0 Å². The Morgan fingerprint density at radius 2 is 1.67 bits per heavy atom. The van der Waals surface area contributed by atoms with Crippen molar-refractivity contribution in [3.63, 3.8) is 0 Å². The molecule has 0 saturated carbocycles. The smallest absolute Gasteiger partial charge is 0.364 e. The predicted molar refractivity (Wildman–Crippen MR) is 117 cm³/mol. The van der Waals surface area contributed by atoms with Gasteiger partial charge in [0.2, 0.25) is 10.0 Å². The van der Waals surface area contributed by atoms with E-state index in [9.17, 15) is 26.4 Å². The standard InChI is InChI=1S/C23H20F3N3O3S/c24-23(25,26)18-10-11-20-19(14-18)28-21(29-33(20,31)32)16-6-8-17(9-7-16)22(30)27-13-12-15-4-2-1-3-5-15/h1-11,14,21,28-29H,12-13H2,(H,27,30). The zero-order valence-electron chi connectivity index (χ0n) is 17.2. The number of hydrogen-bond donors (Lipinski definition) is 3. The van der Waals surface area contributed by atoms with E-state index >= 15 is 0 Å². The molecule has 4 rings (SSSR count). The summed E-state index contributed by atoms with van der Waals surface area (Å²) in [7, 11) is -4.03. The molecule has 1 amide bonds. The van der Waals surface area contributed by atoms with E-state index in [2.05, 4.69) is 15.4 Å². The van der Waals surface area contributed by atoms with Crippen LogP contribution >= 0.6 is 0 Å². The molecular formula is C23H20F3N3O3S. The summed E-state index contributed by atoms with van der Waals surface area (Å²) >= 11 is 0. The summed E-state index contributed by atoms with van der Waals surface area (Å²) in [5.74, 6) is -0.283. The molecule has 1 unspecified atom stereocenters. The maximum Gasteiger partial charge on any atom is 0.416 e. The van der Waals surface area contributed by atoms with Gasteiger partial charge in [0.05, 0.1) is 11.3 Å². The van der Waals surface area contributed by atoms with Crippen LogP contribution in [0.25, 0.3) is 0 Å². The number of anilines is 1. The summed E-state index contributed by atoms with van der Waals surface area (Å²) in [6.07, 6.45) is -4.91. The summed E-state index contributed by atoms with van der Waals surface area (Å²) in [5, 5.41) is 5.61. The molecule has 3 aromatic carbocycles. The van der Waals surface area contributed by atoms with Crippen molar-refractivity contribution in [3.8, 4) is 0 Å². The minimum absolute atomic E-state index is 0.142. The highest BCUT2D eigenvalue weighted by molar-refractivity contribution is 7.89. The third-order valence-corrected chi connectivity index (χ3v) is 6.70. The van der Waals surface area contributed by atoms with Gasteiger partial charge in [0.15, 0.2) is 0 Å². The zero-order valence-corrected chi connectivity index (χ0v) is 18.0. The minimum Gasteiger partial charge on any atom is -0.364 e. The molecule has 0 aliphatic carbocycles. The highest BCUT2D eigenvalue weighted by Crippen LogP contribution is 2.37. The van der Waals surface area contributed by atoms with E-state index in [1.54, 1.807) is 12.1 Å². The number of carbonyl (C=O) groups excluding carboxylic acids is 1. The Labute approximate surface area is 188 Å². The van der Waals surface area contributed by atoms with E-state index in [4.69, 9.17) is 0 Å². The molecule has 10 heteroatoms. The summed E-state index contributed by atoms with van der Waals surface area (Å²) in [6, 6.07) is 18.3.